The highest BCUT2D eigenvalue weighted by atomic mass is 16.2. The number of hydrogen-bond acceptors (Lipinski definition) is 5. The lowest BCUT2D eigenvalue weighted by Crippen LogP contribution is -2.53. The summed E-state index contributed by atoms with van der Waals surface area (Å²) in [5.41, 5.74) is 9.15. The summed E-state index contributed by atoms with van der Waals surface area (Å²) in [4.78, 5) is 38.0. The van der Waals surface area contributed by atoms with Gasteiger partial charge in [0.1, 0.15) is 6.04 Å². The van der Waals surface area contributed by atoms with E-state index in [9.17, 15) is 14.4 Å². The van der Waals surface area contributed by atoms with Crippen LogP contribution in [0.4, 0.5) is 0 Å². The first-order valence-corrected chi connectivity index (χ1v) is 10.2. The van der Waals surface area contributed by atoms with Crippen molar-refractivity contribution in [1.82, 2.24) is 15.5 Å². The summed E-state index contributed by atoms with van der Waals surface area (Å²) in [5, 5.41) is 5.95. The van der Waals surface area contributed by atoms with Crippen LogP contribution in [-0.2, 0) is 22.7 Å². The van der Waals surface area contributed by atoms with Gasteiger partial charge in [0.25, 0.3) is 5.91 Å². The third kappa shape index (κ3) is 2.84. The zero-order valence-electron chi connectivity index (χ0n) is 15.9. The molecule has 0 radical (unpaired) electrons. The van der Waals surface area contributed by atoms with E-state index in [1.807, 2.05) is 18.2 Å². The van der Waals surface area contributed by atoms with E-state index in [2.05, 4.69) is 10.6 Å². The summed E-state index contributed by atoms with van der Waals surface area (Å²) < 4.78 is 0. The van der Waals surface area contributed by atoms with Gasteiger partial charge in [-0.2, -0.15) is 0 Å². The van der Waals surface area contributed by atoms with Crippen LogP contribution in [0.1, 0.15) is 60.0 Å². The molecule has 2 bridgehead atoms. The van der Waals surface area contributed by atoms with Crippen LogP contribution in [-0.4, -0.2) is 40.2 Å². The predicted molar refractivity (Wildman–Crippen MR) is 102 cm³/mol. The molecular formula is C21H26N4O3. The number of fused-ring (bicyclic) bond motifs is 3. The molecule has 1 aromatic rings. The Morgan fingerprint density at radius 1 is 1.25 bits per heavy atom. The second-order valence-corrected chi connectivity index (χ2v) is 8.90. The fraction of sp³-hybridized carbons (Fsp3) is 0.571. The Balaban J connectivity index is 1.27. The number of imide groups is 1. The summed E-state index contributed by atoms with van der Waals surface area (Å²) in [5.74, 6) is -0.00590. The van der Waals surface area contributed by atoms with Crippen LogP contribution >= 0.6 is 0 Å². The van der Waals surface area contributed by atoms with E-state index in [1.165, 1.54) is 6.42 Å². The number of carbonyl (C=O) groups is 3. The van der Waals surface area contributed by atoms with Crippen LogP contribution < -0.4 is 16.4 Å². The van der Waals surface area contributed by atoms with E-state index in [4.69, 9.17) is 5.73 Å². The van der Waals surface area contributed by atoms with Gasteiger partial charge in [0.2, 0.25) is 11.8 Å². The van der Waals surface area contributed by atoms with Gasteiger partial charge in [0.15, 0.2) is 0 Å². The zero-order valence-corrected chi connectivity index (χ0v) is 15.9. The topological polar surface area (TPSA) is 105 Å². The Kier molecular flexibility index (Phi) is 4.07. The van der Waals surface area contributed by atoms with Gasteiger partial charge < -0.3 is 16.0 Å². The molecule has 7 heteroatoms. The van der Waals surface area contributed by atoms with Crippen LogP contribution in [0.15, 0.2) is 18.2 Å². The number of hydrogen-bond donors (Lipinski definition) is 3. The Bertz CT molecular complexity index is 869. The Morgan fingerprint density at radius 2 is 2.11 bits per heavy atom. The first-order valence-electron chi connectivity index (χ1n) is 10.2. The Morgan fingerprint density at radius 3 is 2.82 bits per heavy atom. The summed E-state index contributed by atoms with van der Waals surface area (Å²) in [6.07, 6.45) is 5.27. The molecule has 4 unspecified atom stereocenters. The van der Waals surface area contributed by atoms with E-state index in [0.29, 0.717) is 31.1 Å². The van der Waals surface area contributed by atoms with Crippen LogP contribution in [0, 0.1) is 5.92 Å². The van der Waals surface area contributed by atoms with Crippen LogP contribution in [0.2, 0.25) is 0 Å². The number of rotatable bonds is 4. The average molecular weight is 382 g/mol. The highest BCUT2D eigenvalue weighted by Crippen LogP contribution is 2.46. The Hall–Kier alpha value is -2.25. The van der Waals surface area contributed by atoms with Gasteiger partial charge in [-0.1, -0.05) is 12.1 Å². The van der Waals surface area contributed by atoms with Crippen molar-refractivity contribution in [1.29, 1.82) is 0 Å². The van der Waals surface area contributed by atoms with E-state index < -0.39 is 6.04 Å². The average Bonchev–Trinajstić information content (AvgIpc) is 3.30. The van der Waals surface area contributed by atoms with Crippen molar-refractivity contribution in [3.05, 3.63) is 34.9 Å². The van der Waals surface area contributed by atoms with Gasteiger partial charge in [-0.25, -0.2) is 0 Å². The maximum absolute atomic E-state index is 12.9. The molecule has 28 heavy (non-hydrogen) atoms. The standard InChI is InChI=1S/C21H26N4O3/c22-21-6-5-12(9-21)8-17(21)23-10-13-1-2-14-11-25(20(28)15(14)7-13)16-3-4-18(26)24-19(16)27/h1-2,7,12,16-17,23H,3-6,8-11,22H2,(H,24,26,27). The smallest absolute Gasteiger partial charge is 0.255 e. The molecule has 4 aliphatic rings. The number of benzene rings is 1. The molecule has 3 amide bonds. The minimum absolute atomic E-state index is 0.0697. The molecule has 1 aromatic carbocycles. The molecule has 3 fully saturated rings. The van der Waals surface area contributed by atoms with E-state index in [-0.39, 0.29) is 29.7 Å². The van der Waals surface area contributed by atoms with Gasteiger partial charge in [0.05, 0.1) is 0 Å². The second-order valence-electron chi connectivity index (χ2n) is 8.90. The molecule has 1 saturated heterocycles. The molecule has 2 saturated carbocycles. The van der Waals surface area contributed by atoms with Gasteiger partial charge in [0, 0.05) is 36.7 Å². The predicted octanol–water partition coefficient (Wildman–Crippen LogP) is 0.807. The molecule has 2 aliphatic carbocycles. The lowest BCUT2D eigenvalue weighted by Gasteiger charge is -2.32. The fourth-order valence-electron chi connectivity index (χ4n) is 5.54. The minimum atomic E-state index is -0.565. The van der Waals surface area contributed by atoms with Gasteiger partial charge >= 0.3 is 0 Å². The zero-order chi connectivity index (χ0) is 19.5. The third-order valence-electron chi connectivity index (χ3n) is 7.09. The summed E-state index contributed by atoms with van der Waals surface area (Å²) in [7, 11) is 0. The van der Waals surface area contributed by atoms with Crippen molar-refractivity contribution in [2.75, 3.05) is 0 Å². The highest BCUT2D eigenvalue weighted by Gasteiger charge is 2.49. The molecule has 0 spiro atoms. The van der Waals surface area contributed by atoms with Crippen molar-refractivity contribution >= 4 is 17.7 Å². The lowest BCUT2D eigenvalue weighted by atomic mass is 9.89. The first kappa shape index (κ1) is 17.8. The Labute approximate surface area is 164 Å². The first-order chi connectivity index (χ1) is 13.4. The van der Waals surface area contributed by atoms with Crippen molar-refractivity contribution in [3.8, 4) is 0 Å². The summed E-state index contributed by atoms with van der Waals surface area (Å²) in [6, 6.07) is 5.74. The number of nitrogens with one attached hydrogen (secondary N) is 2. The number of nitrogens with two attached hydrogens (primary N) is 1. The largest absolute Gasteiger partial charge is 0.324 e. The second kappa shape index (κ2) is 6.39. The number of amides is 3. The molecule has 0 aromatic heterocycles. The minimum Gasteiger partial charge on any atom is -0.324 e. The van der Waals surface area contributed by atoms with Gasteiger partial charge in [-0.05, 0) is 55.2 Å². The van der Waals surface area contributed by atoms with Gasteiger partial charge in [-0.3, -0.25) is 19.7 Å². The van der Waals surface area contributed by atoms with Crippen molar-refractivity contribution in [2.24, 2.45) is 11.7 Å². The maximum Gasteiger partial charge on any atom is 0.255 e. The SMILES string of the molecule is NC12CCC(CC1NCc1ccc3c(c1)C(=O)N(C1CCC(=O)NC1=O)C3)C2. The fourth-order valence-corrected chi connectivity index (χ4v) is 5.54. The molecule has 5 rings (SSSR count). The third-order valence-corrected chi connectivity index (χ3v) is 7.09. The molecular weight excluding hydrogens is 356 g/mol. The number of nitrogens with zero attached hydrogens (tertiary/aromatic N) is 1. The maximum atomic E-state index is 12.9. The number of carbonyl (C=O) groups excluding carboxylic acids is 3. The van der Waals surface area contributed by atoms with E-state index >= 15 is 0 Å². The van der Waals surface area contributed by atoms with Gasteiger partial charge in [-0.15, -0.1) is 0 Å². The van der Waals surface area contributed by atoms with Crippen molar-refractivity contribution in [3.63, 3.8) is 0 Å². The molecule has 4 N–H and O–H groups in total. The quantitative estimate of drug-likeness (QED) is 0.669. The normalized spacial score (nSPS) is 34.1. The van der Waals surface area contributed by atoms with E-state index in [0.717, 1.165) is 36.3 Å². The van der Waals surface area contributed by atoms with Crippen LogP contribution in [0.5, 0.6) is 0 Å². The van der Waals surface area contributed by atoms with Crippen LogP contribution in [0.3, 0.4) is 0 Å². The molecule has 2 heterocycles. The highest BCUT2D eigenvalue weighted by molar-refractivity contribution is 6.05. The molecule has 2 aliphatic heterocycles. The van der Waals surface area contributed by atoms with Crippen molar-refractivity contribution in [2.45, 2.75) is 69.2 Å². The monoisotopic (exact) mass is 382 g/mol. The summed E-state index contributed by atoms with van der Waals surface area (Å²) in [6.45, 7) is 1.11. The molecule has 148 valence electrons. The van der Waals surface area contributed by atoms with Crippen molar-refractivity contribution < 1.29 is 14.4 Å². The molecule has 4 atom stereocenters. The molecule has 7 nitrogen and oxygen atoms in total. The lowest BCUT2D eigenvalue weighted by molar-refractivity contribution is -0.136. The van der Waals surface area contributed by atoms with Crippen LogP contribution in [0.25, 0.3) is 0 Å². The number of piperidine rings is 1. The van der Waals surface area contributed by atoms with E-state index in [1.54, 1.807) is 4.90 Å². The summed E-state index contributed by atoms with van der Waals surface area (Å²) >= 11 is 0.